The SMILES string of the molecule is CCCCc1ccc(OC(=O)c2ccc3cc(C4CCC(CCC)CO4)sc3c2F)cc1. The first-order valence-electron chi connectivity index (χ1n) is 11.7. The monoisotopic (exact) mass is 454 g/mol. The lowest BCUT2D eigenvalue weighted by Crippen LogP contribution is -2.19. The molecular weight excluding hydrogens is 423 g/mol. The summed E-state index contributed by atoms with van der Waals surface area (Å²) in [6, 6.07) is 12.8. The van der Waals surface area contributed by atoms with Crippen LogP contribution in [0.4, 0.5) is 4.39 Å². The molecule has 0 amide bonds. The minimum atomic E-state index is -0.669. The Labute approximate surface area is 193 Å². The zero-order valence-corrected chi connectivity index (χ0v) is 19.7. The third kappa shape index (κ3) is 5.21. The van der Waals surface area contributed by atoms with Gasteiger partial charge in [-0.2, -0.15) is 0 Å². The number of aryl methyl sites for hydroxylation is 1. The van der Waals surface area contributed by atoms with Crippen molar-refractivity contribution in [3.8, 4) is 5.75 Å². The molecule has 170 valence electrons. The van der Waals surface area contributed by atoms with E-state index in [1.165, 1.54) is 35.8 Å². The second-order valence-electron chi connectivity index (χ2n) is 8.69. The van der Waals surface area contributed by atoms with E-state index < -0.39 is 11.8 Å². The van der Waals surface area contributed by atoms with Crippen molar-refractivity contribution in [3.05, 3.63) is 64.3 Å². The largest absolute Gasteiger partial charge is 0.423 e. The molecule has 1 saturated heterocycles. The number of rotatable bonds is 8. The smallest absolute Gasteiger partial charge is 0.346 e. The van der Waals surface area contributed by atoms with Crippen LogP contribution in [0.3, 0.4) is 0 Å². The molecule has 0 spiro atoms. The molecule has 0 radical (unpaired) electrons. The number of carbonyl (C=O) groups is 1. The third-order valence-electron chi connectivity index (χ3n) is 6.20. The van der Waals surface area contributed by atoms with Crippen LogP contribution in [0.25, 0.3) is 10.1 Å². The Kier molecular flexibility index (Phi) is 7.59. The summed E-state index contributed by atoms with van der Waals surface area (Å²) < 4.78 is 27.3. The van der Waals surface area contributed by atoms with Crippen molar-refractivity contribution in [2.45, 2.75) is 64.9 Å². The van der Waals surface area contributed by atoms with E-state index in [1.807, 2.05) is 18.2 Å². The van der Waals surface area contributed by atoms with E-state index in [1.54, 1.807) is 18.2 Å². The molecule has 2 aromatic carbocycles. The van der Waals surface area contributed by atoms with E-state index in [9.17, 15) is 4.79 Å². The Morgan fingerprint density at radius 1 is 1.12 bits per heavy atom. The summed E-state index contributed by atoms with van der Waals surface area (Å²) in [6.45, 7) is 5.12. The number of hydrogen-bond acceptors (Lipinski definition) is 4. The number of fused-ring (bicyclic) bond motifs is 1. The summed E-state index contributed by atoms with van der Waals surface area (Å²) in [5.41, 5.74) is 1.17. The number of benzene rings is 2. The number of halogens is 1. The fourth-order valence-corrected chi connectivity index (χ4v) is 5.52. The average Bonchev–Trinajstić information content (AvgIpc) is 3.25. The molecule has 2 atom stereocenters. The first-order valence-corrected chi connectivity index (χ1v) is 12.5. The van der Waals surface area contributed by atoms with Gasteiger partial charge >= 0.3 is 5.97 Å². The molecule has 3 aromatic rings. The fourth-order valence-electron chi connectivity index (χ4n) is 4.34. The van der Waals surface area contributed by atoms with Crippen LogP contribution >= 0.6 is 11.3 Å². The molecule has 32 heavy (non-hydrogen) atoms. The van der Waals surface area contributed by atoms with Gasteiger partial charge in [0.15, 0.2) is 5.82 Å². The molecule has 5 heteroatoms. The summed E-state index contributed by atoms with van der Waals surface area (Å²) in [7, 11) is 0. The van der Waals surface area contributed by atoms with Crippen molar-refractivity contribution in [1.82, 2.24) is 0 Å². The fraction of sp³-hybridized carbons (Fsp3) is 0.444. The Morgan fingerprint density at radius 3 is 2.62 bits per heavy atom. The number of carbonyl (C=O) groups excluding carboxylic acids is 1. The van der Waals surface area contributed by atoms with Crippen molar-refractivity contribution in [1.29, 1.82) is 0 Å². The van der Waals surface area contributed by atoms with Gasteiger partial charge in [-0.05, 0) is 73.2 Å². The van der Waals surface area contributed by atoms with Gasteiger partial charge in [0.2, 0.25) is 0 Å². The molecule has 1 aliphatic heterocycles. The van der Waals surface area contributed by atoms with Crippen LogP contribution in [-0.2, 0) is 11.2 Å². The Morgan fingerprint density at radius 2 is 1.94 bits per heavy atom. The first-order chi connectivity index (χ1) is 15.6. The Hall–Kier alpha value is -2.24. The number of esters is 1. The quantitative estimate of drug-likeness (QED) is 0.257. The summed E-state index contributed by atoms with van der Waals surface area (Å²) in [6.07, 6.45) is 7.75. The van der Waals surface area contributed by atoms with Gasteiger partial charge < -0.3 is 9.47 Å². The predicted molar refractivity (Wildman–Crippen MR) is 128 cm³/mol. The first kappa shape index (κ1) is 22.9. The highest BCUT2D eigenvalue weighted by Gasteiger charge is 2.25. The van der Waals surface area contributed by atoms with Crippen molar-refractivity contribution in [2.24, 2.45) is 5.92 Å². The second kappa shape index (κ2) is 10.6. The zero-order chi connectivity index (χ0) is 22.5. The molecule has 1 fully saturated rings. The van der Waals surface area contributed by atoms with E-state index in [0.29, 0.717) is 16.4 Å². The van der Waals surface area contributed by atoms with E-state index in [4.69, 9.17) is 9.47 Å². The second-order valence-corrected chi connectivity index (χ2v) is 9.77. The van der Waals surface area contributed by atoms with Gasteiger partial charge in [0.05, 0.1) is 23.0 Å². The van der Waals surface area contributed by atoms with Crippen molar-refractivity contribution in [2.75, 3.05) is 6.61 Å². The molecule has 2 heterocycles. The molecule has 0 N–H and O–H groups in total. The van der Waals surface area contributed by atoms with Gasteiger partial charge in [-0.1, -0.05) is 44.9 Å². The topological polar surface area (TPSA) is 35.5 Å². The summed E-state index contributed by atoms with van der Waals surface area (Å²) in [5.74, 6) is -0.122. The molecule has 1 aliphatic rings. The van der Waals surface area contributed by atoms with Crippen LogP contribution < -0.4 is 4.74 Å². The lowest BCUT2D eigenvalue weighted by molar-refractivity contribution is -0.0175. The molecular formula is C27H31FO3S. The predicted octanol–water partition coefficient (Wildman–Crippen LogP) is 7.87. The summed E-state index contributed by atoms with van der Waals surface area (Å²) in [4.78, 5) is 13.7. The highest BCUT2D eigenvalue weighted by atomic mass is 32.1. The third-order valence-corrected chi connectivity index (χ3v) is 7.44. The van der Waals surface area contributed by atoms with E-state index >= 15 is 4.39 Å². The molecule has 1 aromatic heterocycles. The van der Waals surface area contributed by atoms with Crippen LogP contribution in [0.2, 0.25) is 0 Å². The standard InChI is InChI=1S/C27H31FO3S/c1-3-5-7-18-8-12-21(13-9-18)31-27(29)22-14-11-20-16-24(32-26(20)25(22)28)23-15-10-19(6-4-2)17-30-23/h8-9,11-14,16,19,23H,3-7,10,15,17H2,1-2H3. The van der Waals surface area contributed by atoms with Crippen molar-refractivity contribution >= 4 is 27.4 Å². The summed E-state index contributed by atoms with van der Waals surface area (Å²) in [5, 5.41) is 0.804. The van der Waals surface area contributed by atoms with E-state index in [-0.39, 0.29) is 11.7 Å². The lowest BCUT2D eigenvalue weighted by atomic mass is 9.94. The van der Waals surface area contributed by atoms with E-state index in [2.05, 4.69) is 13.8 Å². The van der Waals surface area contributed by atoms with Crippen molar-refractivity contribution < 1.29 is 18.7 Å². The highest BCUT2D eigenvalue weighted by Crippen LogP contribution is 2.39. The molecule has 4 rings (SSSR count). The molecule has 0 aliphatic carbocycles. The highest BCUT2D eigenvalue weighted by molar-refractivity contribution is 7.19. The van der Waals surface area contributed by atoms with Crippen molar-refractivity contribution in [3.63, 3.8) is 0 Å². The zero-order valence-electron chi connectivity index (χ0n) is 18.9. The van der Waals surface area contributed by atoms with Crippen LogP contribution in [0.15, 0.2) is 42.5 Å². The molecule has 2 unspecified atom stereocenters. The number of thiophene rings is 1. The average molecular weight is 455 g/mol. The molecule has 3 nitrogen and oxygen atoms in total. The van der Waals surface area contributed by atoms with Crippen LogP contribution in [0, 0.1) is 11.7 Å². The maximum Gasteiger partial charge on any atom is 0.346 e. The van der Waals surface area contributed by atoms with Gasteiger partial charge in [-0.3, -0.25) is 0 Å². The Balaban J connectivity index is 1.46. The summed E-state index contributed by atoms with van der Waals surface area (Å²) >= 11 is 1.38. The number of hydrogen-bond donors (Lipinski definition) is 0. The van der Waals surface area contributed by atoms with Gasteiger partial charge in [-0.15, -0.1) is 11.3 Å². The Bertz CT molecular complexity index is 1050. The minimum absolute atomic E-state index is 0.0153. The lowest BCUT2D eigenvalue weighted by Gasteiger charge is -2.28. The van der Waals surface area contributed by atoms with E-state index in [0.717, 1.165) is 49.0 Å². The maximum absolute atomic E-state index is 15.2. The van der Waals surface area contributed by atoms with Crippen LogP contribution in [0.5, 0.6) is 5.75 Å². The van der Waals surface area contributed by atoms with Crippen LogP contribution in [-0.4, -0.2) is 12.6 Å². The van der Waals surface area contributed by atoms with Crippen LogP contribution in [0.1, 0.15) is 79.3 Å². The number of ether oxygens (including phenoxy) is 2. The minimum Gasteiger partial charge on any atom is -0.423 e. The molecule has 0 saturated carbocycles. The van der Waals surface area contributed by atoms with Gasteiger partial charge in [0, 0.05) is 4.88 Å². The van der Waals surface area contributed by atoms with Gasteiger partial charge in [0.1, 0.15) is 5.75 Å². The van der Waals surface area contributed by atoms with Gasteiger partial charge in [0.25, 0.3) is 0 Å². The molecule has 0 bridgehead atoms. The maximum atomic E-state index is 15.2. The van der Waals surface area contributed by atoms with Gasteiger partial charge in [-0.25, -0.2) is 9.18 Å². The normalized spacial score (nSPS) is 18.7. The number of unbranched alkanes of at least 4 members (excludes halogenated alkanes) is 1.